The highest BCUT2D eigenvalue weighted by Crippen LogP contribution is 2.43. The van der Waals surface area contributed by atoms with Gasteiger partial charge in [-0.05, 0) is 49.6 Å². The third-order valence-electron chi connectivity index (χ3n) is 7.15. The molecule has 3 nitrogen and oxygen atoms in total. The molecule has 0 amide bonds. The molecule has 1 fully saturated rings. The van der Waals surface area contributed by atoms with Crippen molar-refractivity contribution in [3.8, 4) is 11.8 Å². The van der Waals surface area contributed by atoms with Gasteiger partial charge < -0.3 is 9.67 Å². The monoisotopic (exact) mass is 420 g/mol. The second-order valence-corrected chi connectivity index (χ2v) is 9.55. The Hall–Kier alpha value is -2.32. The smallest absolute Gasteiger partial charge is 0.248 e. The standard InChI is InChI=1S/C24H28B2F2N2O/c1-15-5-6-16(2)21(15)18-12-20-22(29-13-18)17(4-3-11-31)14-30(20)24(25,26)19-7-9-23(27,28)10-8-19/h5-6,12-14,19,21,31H,7-11,25-26H2,1-2H3. The van der Waals surface area contributed by atoms with E-state index in [4.69, 9.17) is 4.98 Å². The summed E-state index contributed by atoms with van der Waals surface area (Å²) in [6.45, 7) is 4.04. The van der Waals surface area contributed by atoms with Crippen LogP contribution in [0.2, 0.25) is 0 Å². The number of fused-ring (bicyclic) bond motifs is 1. The molecule has 2 heterocycles. The van der Waals surface area contributed by atoms with Crippen molar-refractivity contribution in [3.63, 3.8) is 0 Å². The molecule has 1 saturated carbocycles. The van der Waals surface area contributed by atoms with E-state index in [9.17, 15) is 13.9 Å². The third-order valence-corrected chi connectivity index (χ3v) is 7.15. The van der Waals surface area contributed by atoms with Gasteiger partial charge in [-0.2, -0.15) is 0 Å². The number of alkyl halides is 2. The Kier molecular flexibility index (Phi) is 5.64. The summed E-state index contributed by atoms with van der Waals surface area (Å²) in [4.78, 5) is 4.77. The SMILES string of the molecule is BC(B)(C1CCC(F)(F)CC1)n1cc(C#CCO)c2ncc(C3C(C)=CC=C3C)cc21. The quantitative estimate of drug-likeness (QED) is 0.613. The highest BCUT2D eigenvalue weighted by atomic mass is 19.3. The van der Waals surface area contributed by atoms with Crippen LogP contribution in [0.3, 0.4) is 0 Å². The van der Waals surface area contributed by atoms with E-state index in [2.05, 4.69) is 64.2 Å². The van der Waals surface area contributed by atoms with Gasteiger partial charge in [-0.1, -0.05) is 35.1 Å². The molecule has 0 saturated heterocycles. The van der Waals surface area contributed by atoms with E-state index in [0.29, 0.717) is 12.8 Å². The molecule has 2 aliphatic rings. The molecule has 0 radical (unpaired) electrons. The predicted octanol–water partition coefficient (Wildman–Crippen LogP) is 3.07. The summed E-state index contributed by atoms with van der Waals surface area (Å²) in [5.74, 6) is 3.56. The second kappa shape index (κ2) is 7.98. The van der Waals surface area contributed by atoms with Gasteiger partial charge in [0.15, 0.2) is 0 Å². The zero-order valence-corrected chi connectivity index (χ0v) is 18.7. The Morgan fingerprint density at radius 3 is 2.48 bits per heavy atom. The van der Waals surface area contributed by atoms with E-state index in [1.807, 2.05) is 12.4 Å². The normalized spacial score (nSPS) is 19.8. The lowest BCUT2D eigenvalue weighted by atomic mass is 9.52. The maximum Gasteiger partial charge on any atom is 0.248 e. The number of rotatable bonds is 3. The van der Waals surface area contributed by atoms with Crippen molar-refractivity contribution in [2.75, 3.05) is 6.61 Å². The number of hydrogen-bond acceptors (Lipinski definition) is 2. The van der Waals surface area contributed by atoms with Gasteiger partial charge in [-0.25, -0.2) is 8.78 Å². The number of aromatic nitrogens is 2. The minimum atomic E-state index is -2.55. The summed E-state index contributed by atoms with van der Waals surface area (Å²) >= 11 is 0. The van der Waals surface area contributed by atoms with Crippen LogP contribution in [0.15, 0.2) is 41.8 Å². The topological polar surface area (TPSA) is 38.0 Å². The van der Waals surface area contributed by atoms with E-state index in [1.165, 1.54) is 11.1 Å². The van der Waals surface area contributed by atoms with E-state index in [1.54, 1.807) is 0 Å². The minimum Gasteiger partial charge on any atom is -0.384 e. The van der Waals surface area contributed by atoms with E-state index < -0.39 is 5.92 Å². The average molecular weight is 420 g/mol. The van der Waals surface area contributed by atoms with Crippen LogP contribution in [0.5, 0.6) is 0 Å². The van der Waals surface area contributed by atoms with Crippen LogP contribution in [0.4, 0.5) is 8.78 Å². The first-order valence-electron chi connectivity index (χ1n) is 11.0. The zero-order valence-electron chi connectivity index (χ0n) is 18.7. The summed E-state index contributed by atoms with van der Waals surface area (Å²) in [7, 11) is 4.25. The van der Waals surface area contributed by atoms with Gasteiger partial charge in [-0.3, -0.25) is 4.98 Å². The van der Waals surface area contributed by atoms with Crippen molar-refractivity contribution in [2.45, 2.75) is 56.7 Å². The number of hydrogen-bond donors (Lipinski definition) is 1. The second-order valence-electron chi connectivity index (χ2n) is 9.55. The van der Waals surface area contributed by atoms with Crippen molar-refractivity contribution in [2.24, 2.45) is 5.92 Å². The summed E-state index contributed by atoms with van der Waals surface area (Å²) in [5, 5.41) is 8.82. The largest absolute Gasteiger partial charge is 0.384 e. The van der Waals surface area contributed by atoms with Gasteiger partial charge >= 0.3 is 0 Å². The van der Waals surface area contributed by atoms with Crippen LogP contribution in [-0.4, -0.2) is 42.9 Å². The maximum atomic E-state index is 13.8. The van der Waals surface area contributed by atoms with Gasteiger partial charge in [0, 0.05) is 31.2 Å². The molecule has 0 atom stereocenters. The Bertz CT molecular complexity index is 1110. The molecule has 2 aromatic heterocycles. The first kappa shape index (κ1) is 21.9. The minimum absolute atomic E-state index is 0.0585. The predicted molar refractivity (Wildman–Crippen MR) is 126 cm³/mol. The Labute approximate surface area is 184 Å². The van der Waals surface area contributed by atoms with Gasteiger partial charge in [0.1, 0.15) is 27.8 Å². The lowest BCUT2D eigenvalue weighted by Gasteiger charge is -2.41. The number of pyridine rings is 1. The van der Waals surface area contributed by atoms with Crippen LogP contribution in [0.25, 0.3) is 11.0 Å². The van der Waals surface area contributed by atoms with Crippen LogP contribution < -0.4 is 0 Å². The van der Waals surface area contributed by atoms with Gasteiger partial charge in [0.25, 0.3) is 0 Å². The van der Waals surface area contributed by atoms with E-state index >= 15 is 0 Å². The van der Waals surface area contributed by atoms with Crippen molar-refractivity contribution in [1.82, 2.24) is 9.55 Å². The first-order valence-corrected chi connectivity index (χ1v) is 11.0. The maximum absolute atomic E-state index is 13.8. The number of allylic oxidation sites excluding steroid dienone is 4. The molecular formula is C24H28B2F2N2O. The number of aliphatic hydroxyl groups is 1. The third kappa shape index (κ3) is 3.99. The van der Waals surface area contributed by atoms with Crippen LogP contribution >= 0.6 is 0 Å². The van der Waals surface area contributed by atoms with Crippen molar-refractivity contribution in [1.29, 1.82) is 0 Å². The molecule has 0 aliphatic heterocycles. The number of nitrogens with zero attached hydrogens (tertiary/aromatic N) is 2. The molecule has 160 valence electrons. The van der Waals surface area contributed by atoms with E-state index in [0.717, 1.165) is 22.2 Å². The van der Waals surface area contributed by atoms with Gasteiger partial charge in [0.2, 0.25) is 5.92 Å². The molecule has 0 aromatic carbocycles. The Morgan fingerprint density at radius 2 is 1.87 bits per heavy atom. The van der Waals surface area contributed by atoms with Crippen molar-refractivity contribution < 1.29 is 13.9 Å². The molecule has 0 bridgehead atoms. The first-order chi connectivity index (χ1) is 14.6. The fourth-order valence-corrected chi connectivity index (χ4v) is 5.26. The lowest BCUT2D eigenvalue weighted by Crippen LogP contribution is -2.45. The van der Waals surface area contributed by atoms with Crippen molar-refractivity contribution >= 4 is 26.7 Å². The molecular weight excluding hydrogens is 392 g/mol. The summed E-state index contributed by atoms with van der Waals surface area (Å²) < 4.78 is 29.8. The average Bonchev–Trinajstić information content (AvgIpc) is 3.25. The Morgan fingerprint density at radius 1 is 1.23 bits per heavy atom. The summed E-state index contributed by atoms with van der Waals surface area (Å²) in [5.41, 5.74) is 6.21. The highest BCUT2D eigenvalue weighted by molar-refractivity contribution is 6.38. The molecule has 31 heavy (non-hydrogen) atoms. The molecule has 4 rings (SSSR count). The molecule has 0 unspecified atom stereocenters. The lowest BCUT2D eigenvalue weighted by molar-refractivity contribution is -0.0498. The van der Waals surface area contributed by atoms with Crippen molar-refractivity contribution in [3.05, 3.63) is 52.9 Å². The molecule has 2 aromatic rings. The Balaban J connectivity index is 1.82. The molecule has 1 N–H and O–H groups in total. The zero-order chi connectivity index (χ0) is 22.4. The fraction of sp³-hybridized carbons (Fsp3) is 0.458. The van der Waals surface area contributed by atoms with Crippen LogP contribution in [-0.2, 0) is 5.34 Å². The summed E-state index contributed by atoms with van der Waals surface area (Å²) in [6.07, 6.45) is 9.06. The molecule has 2 aliphatic carbocycles. The van der Waals surface area contributed by atoms with Crippen LogP contribution in [0, 0.1) is 17.8 Å². The van der Waals surface area contributed by atoms with Gasteiger partial charge in [0.05, 0.1) is 11.1 Å². The number of halogens is 2. The molecule has 0 spiro atoms. The van der Waals surface area contributed by atoms with Gasteiger partial charge in [-0.15, -0.1) is 0 Å². The van der Waals surface area contributed by atoms with Crippen LogP contribution in [0.1, 0.15) is 56.6 Å². The molecule has 7 heteroatoms. The number of aliphatic hydroxyl groups excluding tert-OH is 1. The summed E-state index contributed by atoms with van der Waals surface area (Å²) in [6, 6.07) is 2.18. The fourth-order valence-electron chi connectivity index (χ4n) is 5.26. The highest BCUT2D eigenvalue weighted by Gasteiger charge is 2.41. The van der Waals surface area contributed by atoms with E-state index in [-0.39, 0.29) is 36.6 Å².